The van der Waals surface area contributed by atoms with Gasteiger partial charge < -0.3 is 9.47 Å². The molecule has 3 aromatic rings. The molecular weight excluding hydrogens is 458 g/mol. The van der Waals surface area contributed by atoms with Gasteiger partial charge >= 0.3 is 0 Å². The van der Waals surface area contributed by atoms with Crippen LogP contribution in [0.5, 0.6) is 11.5 Å². The van der Waals surface area contributed by atoms with Crippen LogP contribution in [-0.4, -0.2) is 24.2 Å². The van der Waals surface area contributed by atoms with Gasteiger partial charge in [0.15, 0.2) is 11.5 Å². The molecule has 0 atom stereocenters. The second-order valence-corrected chi connectivity index (χ2v) is 7.17. The zero-order chi connectivity index (χ0) is 20.6. The molecule has 0 radical (unpaired) electrons. The molecule has 2 aromatic carbocycles. The van der Waals surface area contributed by atoms with Gasteiger partial charge in [-0.15, -0.1) is 0 Å². The van der Waals surface area contributed by atoms with E-state index in [2.05, 4.69) is 31.4 Å². The lowest BCUT2D eigenvalue weighted by molar-refractivity contribution is 0.0955. The number of pyridine rings is 1. The number of amides is 1. The number of hydrogen-bond acceptors (Lipinski definition) is 5. The second kappa shape index (κ2) is 10.0. The summed E-state index contributed by atoms with van der Waals surface area (Å²) in [6.45, 7) is 0.370. The van der Waals surface area contributed by atoms with E-state index >= 15 is 0 Å². The number of nitrogens with one attached hydrogen (secondary N) is 1. The summed E-state index contributed by atoms with van der Waals surface area (Å²) in [6.07, 6.45) is 4.61. The Morgan fingerprint density at radius 1 is 1.17 bits per heavy atom. The summed E-state index contributed by atoms with van der Waals surface area (Å²) in [6, 6.07) is 14.2. The molecule has 0 spiro atoms. The number of halogens is 2. The minimum Gasteiger partial charge on any atom is -0.493 e. The molecule has 1 aromatic heterocycles. The van der Waals surface area contributed by atoms with Gasteiger partial charge in [-0.25, -0.2) is 5.43 Å². The van der Waals surface area contributed by atoms with E-state index in [9.17, 15) is 4.79 Å². The third-order valence-corrected chi connectivity index (χ3v) is 4.84. The predicted molar refractivity (Wildman–Crippen MR) is 116 cm³/mol. The first-order chi connectivity index (χ1) is 14.1. The number of nitrogens with zero attached hydrogens (tertiary/aromatic N) is 2. The number of hydrazone groups is 1. The molecule has 1 amide bonds. The predicted octanol–water partition coefficient (Wildman–Crippen LogP) is 4.85. The van der Waals surface area contributed by atoms with Crippen molar-refractivity contribution < 1.29 is 14.3 Å². The maximum Gasteiger partial charge on any atom is 0.271 e. The smallest absolute Gasteiger partial charge is 0.271 e. The first kappa shape index (κ1) is 20.8. The van der Waals surface area contributed by atoms with Crippen molar-refractivity contribution in [3.8, 4) is 11.5 Å². The monoisotopic (exact) mass is 473 g/mol. The molecule has 0 saturated heterocycles. The van der Waals surface area contributed by atoms with Crippen LogP contribution in [0.15, 0.2) is 70.5 Å². The number of benzene rings is 2. The molecule has 3 rings (SSSR count). The van der Waals surface area contributed by atoms with Crippen LogP contribution in [0.4, 0.5) is 0 Å². The van der Waals surface area contributed by atoms with Crippen molar-refractivity contribution in [1.82, 2.24) is 10.4 Å². The van der Waals surface area contributed by atoms with Gasteiger partial charge in [0.2, 0.25) is 0 Å². The van der Waals surface area contributed by atoms with Gasteiger partial charge in [-0.1, -0.05) is 23.7 Å². The Morgan fingerprint density at radius 2 is 1.90 bits per heavy atom. The van der Waals surface area contributed by atoms with Gasteiger partial charge in [0, 0.05) is 33.0 Å². The van der Waals surface area contributed by atoms with Gasteiger partial charge in [0.05, 0.1) is 13.3 Å². The summed E-state index contributed by atoms with van der Waals surface area (Å²) in [5.41, 5.74) is 4.65. The zero-order valence-corrected chi connectivity index (χ0v) is 17.8. The lowest BCUT2D eigenvalue weighted by Gasteiger charge is -2.13. The number of carbonyl (C=O) groups is 1. The molecule has 0 unspecified atom stereocenters. The van der Waals surface area contributed by atoms with Gasteiger partial charge in [0.25, 0.3) is 5.91 Å². The first-order valence-corrected chi connectivity index (χ1v) is 9.72. The average molecular weight is 475 g/mol. The first-order valence-electron chi connectivity index (χ1n) is 8.55. The Kier molecular flexibility index (Phi) is 7.21. The van der Waals surface area contributed by atoms with Gasteiger partial charge in [-0.3, -0.25) is 9.78 Å². The number of carbonyl (C=O) groups excluding carboxylic acids is 1. The zero-order valence-electron chi connectivity index (χ0n) is 15.4. The summed E-state index contributed by atoms with van der Waals surface area (Å²) in [7, 11) is 1.56. The normalized spacial score (nSPS) is 10.7. The lowest BCUT2D eigenvalue weighted by Crippen LogP contribution is -2.17. The van der Waals surface area contributed by atoms with Gasteiger partial charge in [-0.2, -0.15) is 5.10 Å². The summed E-state index contributed by atoms with van der Waals surface area (Å²) >= 11 is 9.40. The number of hydrogen-bond donors (Lipinski definition) is 1. The van der Waals surface area contributed by atoms with E-state index < -0.39 is 0 Å². The Labute approximate surface area is 181 Å². The number of ether oxygens (including phenoxy) is 2. The topological polar surface area (TPSA) is 72.8 Å². The van der Waals surface area contributed by atoms with Crippen LogP contribution in [0.2, 0.25) is 5.02 Å². The molecule has 0 saturated carbocycles. The highest BCUT2D eigenvalue weighted by Crippen LogP contribution is 2.33. The van der Waals surface area contributed by atoms with Crippen LogP contribution in [0.3, 0.4) is 0 Å². The molecule has 29 heavy (non-hydrogen) atoms. The van der Waals surface area contributed by atoms with Crippen molar-refractivity contribution >= 4 is 39.7 Å². The van der Waals surface area contributed by atoms with E-state index in [1.54, 1.807) is 43.8 Å². The Morgan fingerprint density at radius 3 is 2.59 bits per heavy atom. The third-order valence-electron chi connectivity index (χ3n) is 3.90. The minimum absolute atomic E-state index is 0.324. The van der Waals surface area contributed by atoms with Crippen molar-refractivity contribution in [1.29, 1.82) is 0 Å². The fraction of sp³-hybridized carbons (Fsp3) is 0.0952. The lowest BCUT2D eigenvalue weighted by atomic mass is 10.2. The Balaban J connectivity index is 1.68. The summed E-state index contributed by atoms with van der Waals surface area (Å²) < 4.78 is 12.0. The molecule has 1 N–H and O–H groups in total. The molecule has 0 aliphatic carbocycles. The molecule has 0 bridgehead atoms. The molecule has 0 aliphatic heterocycles. The van der Waals surface area contributed by atoms with Crippen molar-refractivity contribution in [2.75, 3.05) is 7.11 Å². The maximum atomic E-state index is 12.0. The summed E-state index contributed by atoms with van der Waals surface area (Å²) in [4.78, 5) is 15.9. The summed E-state index contributed by atoms with van der Waals surface area (Å²) in [5, 5.41) is 4.68. The van der Waals surface area contributed by atoms with E-state index in [0.29, 0.717) is 28.7 Å². The quantitative estimate of drug-likeness (QED) is 0.392. The van der Waals surface area contributed by atoms with Crippen molar-refractivity contribution in [2.24, 2.45) is 5.10 Å². The maximum absolute atomic E-state index is 12.0. The van der Waals surface area contributed by atoms with Crippen LogP contribution < -0.4 is 14.9 Å². The Bertz CT molecular complexity index is 1010. The summed E-state index contributed by atoms with van der Waals surface area (Å²) in [5.74, 6) is 0.797. The molecule has 6 nitrogen and oxygen atoms in total. The fourth-order valence-corrected chi connectivity index (χ4v) is 2.94. The van der Waals surface area contributed by atoms with Crippen molar-refractivity contribution in [3.05, 3.63) is 87.1 Å². The van der Waals surface area contributed by atoms with E-state index in [0.717, 1.165) is 15.6 Å². The highest BCUT2D eigenvalue weighted by molar-refractivity contribution is 9.10. The highest BCUT2D eigenvalue weighted by Gasteiger charge is 2.10. The minimum atomic E-state index is -0.324. The fourth-order valence-electron chi connectivity index (χ4n) is 2.39. The number of rotatable bonds is 7. The molecule has 0 aliphatic rings. The standard InChI is InChI=1S/C21H17BrClN3O3/c1-28-19-10-16(12-25-26-21(27)15-6-8-24-9-7-15)18(22)11-20(19)29-13-14-2-4-17(23)5-3-14/h2-12H,13H2,1H3,(H,26,27)/b25-12-. The molecular formula is C21H17BrClN3O3. The van der Waals surface area contributed by atoms with E-state index in [-0.39, 0.29) is 5.91 Å². The van der Waals surface area contributed by atoms with E-state index in [1.807, 2.05) is 24.3 Å². The second-order valence-electron chi connectivity index (χ2n) is 5.87. The van der Waals surface area contributed by atoms with Gasteiger partial charge in [0.1, 0.15) is 6.61 Å². The van der Waals surface area contributed by atoms with Crippen LogP contribution in [0.25, 0.3) is 0 Å². The van der Waals surface area contributed by atoms with E-state index in [4.69, 9.17) is 21.1 Å². The average Bonchev–Trinajstić information content (AvgIpc) is 2.75. The molecule has 148 valence electrons. The SMILES string of the molecule is COc1cc(/C=N\NC(=O)c2ccncc2)c(Br)cc1OCc1ccc(Cl)cc1. The number of methoxy groups -OCH3 is 1. The van der Waals surface area contributed by atoms with Crippen LogP contribution >= 0.6 is 27.5 Å². The molecule has 0 fully saturated rings. The molecule has 8 heteroatoms. The highest BCUT2D eigenvalue weighted by atomic mass is 79.9. The van der Waals surface area contributed by atoms with Crippen molar-refractivity contribution in [3.63, 3.8) is 0 Å². The van der Waals surface area contributed by atoms with Gasteiger partial charge in [-0.05, 0) is 57.9 Å². The van der Waals surface area contributed by atoms with Crippen LogP contribution in [0, 0.1) is 0 Å². The Hall–Kier alpha value is -2.90. The van der Waals surface area contributed by atoms with Crippen LogP contribution in [0.1, 0.15) is 21.5 Å². The van der Waals surface area contributed by atoms with E-state index in [1.165, 1.54) is 6.21 Å². The third kappa shape index (κ3) is 5.79. The van der Waals surface area contributed by atoms with Crippen LogP contribution in [-0.2, 0) is 6.61 Å². The largest absolute Gasteiger partial charge is 0.493 e. The molecule has 1 heterocycles. The number of aromatic nitrogens is 1. The van der Waals surface area contributed by atoms with Crippen molar-refractivity contribution in [2.45, 2.75) is 6.61 Å².